The van der Waals surface area contributed by atoms with Crippen molar-refractivity contribution in [3.63, 3.8) is 0 Å². The molecule has 0 aromatic carbocycles. The van der Waals surface area contributed by atoms with Gasteiger partial charge in [0.05, 0.1) is 12.8 Å². The van der Waals surface area contributed by atoms with E-state index in [-0.39, 0.29) is 6.03 Å². The summed E-state index contributed by atoms with van der Waals surface area (Å²) in [5.41, 5.74) is 0. The van der Waals surface area contributed by atoms with Crippen LogP contribution >= 0.6 is 11.3 Å². The van der Waals surface area contributed by atoms with Crippen LogP contribution in [0.3, 0.4) is 0 Å². The number of piperidine rings is 1. The number of amides is 2. The van der Waals surface area contributed by atoms with Crippen molar-refractivity contribution < 1.29 is 9.21 Å². The number of urea groups is 1. The first-order chi connectivity index (χ1) is 11.3. The molecule has 0 bridgehead atoms. The molecule has 0 radical (unpaired) electrons. The Kier molecular flexibility index (Phi) is 5.71. The van der Waals surface area contributed by atoms with E-state index in [9.17, 15) is 4.79 Å². The van der Waals surface area contributed by atoms with Gasteiger partial charge in [0, 0.05) is 24.5 Å². The van der Waals surface area contributed by atoms with Crippen molar-refractivity contribution in [2.45, 2.75) is 25.9 Å². The summed E-state index contributed by atoms with van der Waals surface area (Å²) in [6.45, 7) is 4.38. The normalized spacial score (nSPS) is 18.7. The molecular weight excluding hydrogens is 310 g/mol. The molecule has 0 unspecified atom stereocenters. The Morgan fingerprint density at radius 2 is 2.30 bits per heavy atom. The van der Waals surface area contributed by atoms with E-state index in [2.05, 4.69) is 33.0 Å². The molecule has 23 heavy (non-hydrogen) atoms. The fraction of sp³-hybridized carbons (Fsp3) is 0.471. The highest BCUT2D eigenvalue weighted by Crippen LogP contribution is 2.19. The SMILES string of the molecule is O=C(NCc1ccco1)NC[C@H]1CCCN(Cc2cccs2)C1. The van der Waals surface area contributed by atoms with Crippen molar-refractivity contribution >= 4 is 17.4 Å². The van der Waals surface area contributed by atoms with Crippen molar-refractivity contribution in [2.24, 2.45) is 5.92 Å². The molecule has 124 valence electrons. The van der Waals surface area contributed by atoms with Crippen LogP contribution in [-0.4, -0.2) is 30.6 Å². The van der Waals surface area contributed by atoms with E-state index in [0.29, 0.717) is 12.5 Å². The zero-order chi connectivity index (χ0) is 15.9. The number of likely N-dealkylation sites (tertiary alicyclic amines) is 1. The summed E-state index contributed by atoms with van der Waals surface area (Å²) in [4.78, 5) is 15.7. The van der Waals surface area contributed by atoms with Gasteiger partial charge in [0.15, 0.2) is 0 Å². The van der Waals surface area contributed by atoms with Crippen LogP contribution in [0, 0.1) is 5.92 Å². The molecule has 3 heterocycles. The van der Waals surface area contributed by atoms with Crippen molar-refractivity contribution in [1.82, 2.24) is 15.5 Å². The van der Waals surface area contributed by atoms with E-state index >= 15 is 0 Å². The van der Waals surface area contributed by atoms with Crippen molar-refractivity contribution in [3.8, 4) is 0 Å². The lowest BCUT2D eigenvalue weighted by Gasteiger charge is -2.32. The molecule has 1 aliphatic heterocycles. The molecule has 0 spiro atoms. The molecule has 0 saturated carbocycles. The number of nitrogens with zero attached hydrogens (tertiary/aromatic N) is 1. The molecule has 2 amide bonds. The van der Waals surface area contributed by atoms with E-state index in [4.69, 9.17) is 4.42 Å². The summed E-state index contributed by atoms with van der Waals surface area (Å²) in [5, 5.41) is 7.92. The standard InChI is InChI=1S/C17H23N3O2S/c21-17(19-11-15-5-2-8-22-15)18-10-14-4-1-7-20(12-14)13-16-6-3-9-23-16/h2-3,5-6,8-9,14H,1,4,7,10-13H2,(H2,18,19,21)/t14-/m1/s1. The van der Waals surface area contributed by atoms with Crippen LogP contribution in [0.5, 0.6) is 0 Å². The Morgan fingerprint density at radius 3 is 3.09 bits per heavy atom. The van der Waals surface area contributed by atoms with Crippen LogP contribution in [0.4, 0.5) is 4.79 Å². The zero-order valence-corrected chi connectivity index (χ0v) is 14.0. The number of carbonyl (C=O) groups is 1. The van der Waals surface area contributed by atoms with Gasteiger partial charge in [-0.1, -0.05) is 6.07 Å². The maximum atomic E-state index is 11.8. The molecule has 5 nitrogen and oxygen atoms in total. The molecule has 2 N–H and O–H groups in total. The van der Waals surface area contributed by atoms with E-state index in [1.165, 1.54) is 17.7 Å². The zero-order valence-electron chi connectivity index (χ0n) is 13.2. The molecule has 1 fully saturated rings. The number of hydrogen-bond acceptors (Lipinski definition) is 4. The van der Waals surface area contributed by atoms with Crippen LogP contribution in [0.25, 0.3) is 0 Å². The van der Waals surface area contributed by atoms with Crippen LogP contribution < -0.4 is 10.6 Å². The van der Waals surface area contributed by atoms with Crippen LogP contribution in [0.2, 0.25) is 0 Å². The molecular formula is C17H23N3O2S. The summed E-state index contributed by atoms with van der Waals surface area (Å²) in [6, 6.07) is 7.83. The highest BCUT2D eigenvalue weighted by atomic mass is 32.1. The van der Waals surface area contributed by atoms with Gasteiger partial charge < -0.3 is 15.1 Å². The van der Waals surface area contributed by atoms with Gasteiger partial charge in [0.2, 0.25) is 0 Å². The van der Waals surface area contributed by atoms with Crippen molar-refractivity contribution in [1.29, 1.82) is 0 Å². The summed E-state index contributed by atoms with van der Waals surface area (Å²) in [5.74, 6) is 1.29. The number of carbonyl (C=O) groups excluding carboxylic acids is 1. The second kappa shape index (κ2) is 8.17. The number of furan rings is 1. The number of hydrogen-bond donors (Lipinski definition) is 2. The minimum Gasteiger partial charge on any atom is -0.467 e. The van der Waals surface area contributed by atoms with Gasteiger partial charge in [-0.05, 0) is 48.9 Å². The van der Waals surface area contributed by atoms with Gasteiger partial charge in [-0.25, -0.2) is 4.79 Å². The average molecular weight is 333 g/mol. The minimum atomic E-state index is -0.128. The third-order valence-corrected chi connectivity index (χ3v) is 4.98. The minimum absolute atomic E-state index is 0.128. The van der Waals surface area contributed by atoms with Crippen LogP contribution in [0.1, 0.15) is 23.5 Å². The van der Waals surface area contributed by atoms with E-state index in [1.807, 2.05) is 23.5 Å². The Hall–Kier alpha value is -1.79. The lowest BCUT2D eigenvalue weighted by atomic mass is 9.98. The summed E-state index contributed by atoms with van der Waals surface area (Å²) >= 11 is 1.81. The highest BCUT2D eigenvalue weighted by Gasteiger charge is 2.20. The molecule has 3 rings (SSSR count). The fourth-order valence-corrected chi connectivity index (χ4v) is 3.71. The Morgan fingerprint density at radius 1 is 1.35 bits per heavy atom. The molecule has 6 heteroatoms. The van der Waals surface area contributed by atoms with Gasteiger partial charge in [0.1, 0.15) is 5.76 Å². The third kappa shape index (κ3) is 5.11. The highest BCUT2D eigenvalue weighted by molar-refractivity contribution is 7.09. The second-order valence-electron chi connectivity index (χ2n) is 5.97. The van der Waals surface area contributed by atoms with Gasteiger partial charge >= 0.3 is 6.03 Å². The van der Waals surface area contributed by atoms with E-state index in [0.717, 1.165) is 31.9 Å². The maximum absolute atomic E-state index is 11.8. The Labute approximate surface area is 140 Å². The van der Waals surface area contributed by atoms with Crippen LogP contribution in [-0.2, 0) is 13.1 Å². The van der Waals surface area contributed by atoms with Crippen LogP contribution in [0.15, 0.2) is 40.3 Å². The lowest BCUT2D eigenvalue weighted by Crippen LogP contribution is -2.43. The molecule has 1 atom stereocenters. The summed E-state index contributed by atoms with van der Waals surface area (Å²) in [7, 11) is 0. The third-order valence-electron chi connectivity index (χ3n) is 4.12. The van der Waals surface area contributed by atoms with E-state index in [1.54, 1.807) is 6.26 Å². The van der Waals surface area contributed by atoms with Crippen molar-refractivity contribution in [3.05, 3.63) is 46.5 Å². The first-order valence-corrected chi connectivity index (χ1v) is 8.96. The average Bonchev–Trinajstić information content (AvgIpc) is 3.25. The molecule has 2 aromatic rings. The predicted octanol–water partition coefficient (Wildman–Crippen LogP) is 3.05. The monoisotopic (exact) mass is 333 g/mol. The number of thiophene rings is 1. The van der Waals surface area contributed by atoms with Gasteiger partial charge in [-0.2, -0.15) is 0 Å². The maximum Gasteiger partial charge on any atom is 0.315 e. The molecule has 0 aliphatic carbocycles. The van der Waals surface area contributed by atoms with Gasteiger partial charge in [0.25, 0.3) is 0 Å². The van der Waals surface area contributed by atoms with Gasteiger partial charge in [-0.15, -0.1) is 11.3 Å². The summed E-state index contributed by atoms with van der Waals surface area (Å²) in [6.07, 6.45) is 3.99. The molecule has 1 aliphatic rings. The number of rotatable bonds is 6. The lowest BCUT2D eigenvalue weighted by molar-refractivity contribution is 0.166. The first kappa shape index (κ1) is 16.1. The quantitative estimate of drug-likeness (QED) is 0.854. The second-order valence-corrected chi connectivity index (χ2v) is 7.00. The van der Waals surface area contributed by atoms with Gasteiger partial charge in [-0.3, -0.25) is 4.90 Å². The number of nitrogens with one attached hydrogen (secondary N) is 2. The fourth-order valence-electron chi connectivity index (χ4n) is 2.96. The summed E-state index contributed by atoms with van der Waals surface area (Å²) < 4.78 is 5.19. The van der Waals surface area contributed by atoms with Crippen molar-refractivity contribution in [2.75, 3.05) is 19.6 Å². The van der Waals surface area contributed by atoms with E-state index < -0.39 is 0 Å². The molecule has 2 aromatic heterocycles. The predicted molar refractivity (Wildman–Crippen MR) is 91.3 cm³/mol. The first-order valence-electron chi connectivity index (χ1n) is 8.08. The molecule has 1 saturated heterocycles. The largest absolute Gasteiger partial charge is 0.467 e. The smallest absolute Gasteiger partial charge is 0.315 e. The topological polar surface area (TPSA) is 57.5 Å². The Balaban J connectivity index is 1.36. The Bertz CT molecular complexity index is 583.